The molecular weight excluding hydrogens is 518 g/mol. The number of nitrogens with zero attached hydrogens (tertiary/aromatic N) is 4. The fourth-order valence-electron chi connectivity index (χ4n) is 4.55. The van der Waals surface area contributed by atoms with Gasteiger partial charge in [0, 0.05) is 23.9 Å². The molecule has 0 saturated carbocycles. The Bertz CT molecular complexity index is 1370. The van der Waals surface area contributed by atoms with Crippen LogP contribution >= 0.6 is 7.49 Å². The number of benzene rings is 1. The molecule has 3 heterocycles. The lowest BCUT2D eigenvalue weighted by molar-refractivity contribution is -0.170. The number of amides is 1. The van der Waals surface area contributed by atoms with Crippen molar-refractivity contribution in [2.75, 3.05) is 30.7 Å². The molecule has 1 aromatic carbocycles. The first-order chi connectivity index (χ1) is 17.6. The predicted octanol–water partition coefficient (Wildman–Crippen LogP) is 3.92. The van der Waals surface area contributed by atoms with Crippen LogP contribution in [0.2, 0.25) is 0 Å². The number of hydrogen-bond donors (Lipinski definition) is 3. The number of fused-ring (bicyclic) bond motifs is 1. The molecule has 38 heavy (non-hydrogen) atoms. The quantitative estimate of drug-likeness (QED) is 0.399. The first-order valence-electron chi connectivity index (χ1n) is 12.3. The largest absolute Gasteiger partial charge is 0.384 e. The standard InChI is InChI=1S/C26H32F3N5O3P/c1-15(18-7-6-8-20(23(18)27)26(28,29)25(4,5)36)31-24-19-13-22(30-14-21(19)32-16(2)33-24)38(37)11-9-34(10-12-38)17(3)35/h6-8,13-15,36-37H,9-12H2,1-5H3,(H,31,32,33)/q+1/t15-/m1/s1. The van der Waals surface area contributed by atoms with Crippen LogP contribution in [-0.2, 0) is 10.7 Å². The van der Waals surface area contributed by atoms with Crippen molar-refractivity contribution in [3.8, 4) is 0 Å². The molecule has 1 fully saturated rings. The van der Waals surface area contributed by atoms with E-state index in [0.717, 1.165) is 19.9 Å². The molecule has 1 aliphatic heterocycles. The SMILES string of the molecule is CC(=O)N1CC[P+](O)(c2cc3c(N[C@H](C)c4cccc(C(F)(F)C(C)(C)O)c4F)nc(C)nc3cn2)CC1. The Morgan fingerprint density at radius 3 is 2.47 bits per heavy atom. The number of alkyl halides is 2. The Hall–Kier alpha value is -2.88. The summed E-state index contributed by atoms with van der Waals surface area (Å²) in [5, 5.41) is 13.6. The van der Waals surface area contributed by atoms with Gasteiger partial charge in [0.2, 0.25) is 11.3 Å². The van der Waals surface area contributed by atoms with Crippen LogP contribution in [-0.4, -0.2) is 66.8 Å². The van der Waals surface area contributed by atoms with Gasteiger partial charge in [-0.3, -0.25) is 4.79 Å². The lowest BCUT2D eigenvalue weighted by Crippen LogP contribution is -2.42. The number of rotatable bonds is 6. The minimum absolute atomic E-state index is 0.0205. The summed E-state index contributed by atoms with van der Waals surface area (Å²) < 4.78 is 45.0. The third-order valence-electron chi connectivity index (χ3n) is 6.99. The lowest BCUT2D eigenvalue weighted by Gasteiger charge is -2.31. The minimum atomic E-state index is -3.82. The molecule has 0 radical (unpaired) electrons. The van der Waals surface area contributed by atoms with E-state index in [2.05, 4.69) is 20.3 Å². The summed E-state index contributed by atoms with van der Waals surface area (Å²) in [4.78, 5) is 38.2. The topological polar surface area (TPSA) is 111 Å². The number of pyridine rings is 1. The first-order valence-corrected chi connectivity index (χ1v) is 14.4. The molecule has 0 unspecified atom stereocenters. The van der Waals surface area contributed by atoms with Gasteiger partial charge in [-0.25, -0.2) is 24.2 Å². The zero-order chi connectivity index (χ0) is 28.0. The van der Waals surface area contributed by atoms with E-state index < -0.39 is 36.4 Å². The summed E-state index contributed by atoms with van der Waals surface area (Å²) in [6, 6.07) is 4.63. The van der Waals surface area contributed by atoms with Gasteiger partial charge in [-0.15, -0.1) is 0 Å². The number of hydrogen-bond acceptors (Lipinski definition) is 7. The van der Waals surface area contributed by atoms with E-state index in [1.165, 1.54) is 19.1 Å². The average Bonchev–Trinajstić information content (AvgIpc) is 2.83. The molecule has 3 aromatic rings. The van der Waals surface area contributed by atoms with E-state index in [-0.39, 0.29) is 11.5 Å². The molecule has 0 bridgehead atoms. The van der Waals surface area contributed by atoms with Crippen LogP contribution in [0.3, 0.4) is 0 Å². The minimum Gasteiger partial charge on any atom is -0.384 e. The van der Waals surface area contributed by atoms with Crippen LogP contribution in [0, 0.1) is 12.7 Å². The molecule has 0 spiro atoms. The summed E-state index contributed by atoms with van der Waals surface area (Å²) in [7, 11) is -2.63. The summed E-state index contributed by atoms with van der Waals surface area (Å²) in [6.45, 7) is 7.55. The third-order valence-corrected chi connectivity index (χ3v) is 9.96. The molecule has 1 saturated heterocycles. The summed E-state index contributed by atoms with van der Waals surface area (Å²) >= 11 is 0. The average molecular weight is 551 g/mol. The van der Waals surface area contributed by atoms with Crippen molar-refractivity contribution in [2.45, 2.75) is 52.2 Å². The fourth-order valence-corrected chi connectivity index (χ4v) is 7.02. The van der Waals surface area contributed by atoms with E-state index >= 15 is 4.39 Å². The summed E-state index contributed by atoms with van der Waals surface area (Å²) in [5.74, 6) is -4.20. The Morgan fingerprint density at radius 2 is 1.87 bits per heavy atom. The number of nitrogens with one attached hydrogen (secondary N) is 1. The highest BCUT2D eigenvalue weighted by Crippen LogP contribution is 2.54. The Kier molecular flexibility index (Phi) is 7.42. The number of anilines is 1. The Balaban J connectivity index is 1.69. The number of halogens is 3. The highest BCUT2D eigenvalue weighted by atomic mass is 31.2. The smallest absolute Gasteiger partial charge is 0.303 e. The van der Waals surface area contributed by atoms with E-state index in [1.54, 1.807) is 31.0 Å². The lowest BCUT2D eigenvalue weighted by atomic mass is 9.91. The molecule has 3 N–H and O–H groups in total. The highest BCUT2D eigenvalue weighted by Gasteiger charge is 2.49. The van der Waals surface area contributed by atoms with Crippen LogP contribution < -0.4 is 10.8 Å². The van der Waals surface area contributed by atoms with Gasteiger partial charge >= 0.3 is 5.92 Å². The van der Waals surface area contributed by atoms with Crippen molar-refractivity contribution in [3.63, 3.8) is 0 Å². The van der Waals surface area contributed by atoms with Gasteiger partial charge in [0.25, 0.3) is 0 Å². The normalized spacial score (nSPS) is 16.9. The van der Waals surface area contributed by atoms with Crippen molar-refractivity contribution in [2.24, 2.45) is 0 Å². The van der Waals surface area contributed by atoms with Gasteiger partial charge < -0.3 is 15.3 Å². The van der Waals surface area contributed by atoms with E-state index in [4.69, 9.17) is 0 Å². The van der Waals surface area contributed by atoms with Gasteiger partial charge in [-0.2, -0.15) is 8.78 Å². The van der Waals surface area contributed by atoms with Crippen LogP contribution in [0.5, 0.6) is 0 Å². The van der Waals surface area contributed by atoms with Crippen molar-refractivity contribution < 1.29 is 28.0 Å². The number of aryl methyl sites for hydroxylation is 1. The first kappa shape index (κ1) is 28.1. The molecule has 1 atom stereocenters. The zero-order valence-electron chi connectivity index (χ0n) is 22.0. The van der Waals surface area contributed by atoms with Gasteiger partial charge in [0.05, 0.1) is 36.4 Å². The Labute approximate surface area is 219 Å². The number of carbonyl (C=O) groups excluding carboxylic acids is 1. The van der Waals surface area contributed by atoms with Gasteiger partial charge in [0.1, 0.15) is 35.4 Å². The highest BCUT2D eigenvalue weighted by molar-refractivity contribution is 7.77. The van der Waals surface area contributed by atoms with Crippen molar-refractivity contribution in [1.29, 1.82) is 0 Å². The maximum absolute atomic E-state index is 15.4. The molecule has 8 nitrogen and oxygen atoms in total. The number of aromatic nitrogens is 3. The summed E-state index contributed by atoms with van der Waals surface area (Å²) in [6.07, 6.45) is 2.39. The number of carbonyl (C=O) groups is 1. The van der Waals surface area contributed by atoms with Gasteiger partial charge in [-0.1, -0.05) is 12.1 Å². The van der Waals surface area contributed by atoms with Crippen molar-refractivity contribution in [1.82, 2.24) is 19.9 Å². The Morgan fingerprint density at radius 1 is 1.21 bits per heavy atom. The van der Waals surface area contributed by atoms with Crippen LogP contribution in [0.15, 0.2) is 30.5 Å². The number of aliphatic hydroxyl groups is 1. The van der Waals surface area contributed by atoms with Gasteiger partial charge in [0.15, 0.2) is 7.49 Å². The van der Waals surface area contributed by atoms with E-state index in [1.807, 2.05) is 0 Å². The van der Waals surface area contributed by atoms with Crippen molar-refractivity contribution in [3.05, 3.63) is 53.2 Å². The second kappa shape index (κ2) is 10.0. The summed E-state index contributed by atoms with van der Waals surface area (Å²) in [5.41, 5.74) is -2.36. The van der Waals surface area contributed by atoms with E-state index in [9.17, 15) is 23.6 Å². The predicted molar refractivity (Wildman–Crippen MR) is 141 cm³/mol. The third kappa shape index (κ3) is 5.19. The monoisotopic (exact) mass is 550 g/mol. The van der Waals surface area contributed by atoms with Gasteiger partial charge in [-0.05, 0) is 33.8 Å². The second-order valence-electron chi connectivity index (χ2n) is 10.3. The molecule has 2 aromatic heterocycles. The van der Waals surface area contributed by atoms with Crippen LogP contribution in [0.4, 0.5) is 19.0 Å². The molecule has 1 aliphatic rings. The van der Waals surface area contributed by atoms with Crippen molar-refractivity contribution >= 4 is 35.6 Å². The molecule has 1 amide bonds. The van der Waals surface area contributed by atoms with Crippen LogP contribution in [0.1, 0.15) is 50.7 Å². The zero-order valence-corrected chi connectivity index (χ0v) is 22.9. The fraction of sp³-hybridized carbons (Fsp3) is 0.462. The maximum Gasteiger partial charge on any atom is 0.303 e. The molecule has 204 valence electrons. The molecule has 12 heteroatoms. The second-order valence-corrected chi connectivity index (χ2v) is 13.5. The van der Waals surface area contributed by atoms with E-state index in [0.29, 0.717) is 53.4 Å². The molecule has 4 rings (SSSR count). The molecule has 0 aliphatic carbocycles. The van der Waals surface area contributed by atoms with Crippen LogP contribution in [0.25, 0.3) is 10.9 Å². The maximum atomic E-state index is 15.4. The molecular formula is C26H32F3N5O3P+.